The minimum atomic E-state index is -3.61. The van der Waals surface area contributed by atoms with Crippen molar-refractivity contribution >= 4 is 36.3 Å². The van der Waals surface area contributed by atoms with E-state index in [1.54, 1.807) is 69.2 Å². The molecule has 3 aromatic carbocycles. The third-order valence-electron chi connectivity index (χ3n) is 8.89. The van der Waals surface area contributed by atoms with Gasteiger partial charge in [0, 0.05) is 32.3 Å². The SMILES string of the molecule is CCOP1(=O)CCN(Cc2ccccc2-c2ccc3ccccc3c2)C[C@@]1(CCCCN(C(=O)OC(C)(C)C)C(=O)OC(C)(C)C)C(=O)OC(C)(C)C. The Bertz CT molecular complexity index is 1780. The van der Waals surface area contributed by atoms with E-state index >= 15 is 0 Å². The van der Waals surface area contributed by atoms with Crippen molar-refractivity contribution in [3.05, 3.63) is 72.3 Å². The fraction of sp³-hybridized carbons (Fsp3) is 0.548. The number of esters is 1. The molecular formula is C42H59N2O8P. The van der Waals surface area contributed by atoms with Gasteiger partial charge in [-0.1, -0.05) is 60.7 Å². The Balaban J connectivity index is 1.64. The van der Waals surface area contributed by atoms with Crippen LogP contribution in [-0.2, 0) is 34.6 Å². The molecule has 1 fully saturated rings. The van der Waals surface area contributed by atoms with Gasteiger partial charge in [-0.05, 0) is 122 Å². The molecule has 0 spiro atoms. The van der Waals surface area contributed by atoms with Gasteiger partial charge >= 0.3 is 18.2 Å². The molecule has 0 aliphatic carbocycles. The fourth-order valence-electron chi connectivity index (χ4n) is 6.62. The average molecular weight is 751 g/mol. The molecule has 2 atom stereocenters. The van der Waals surface area contributed by atoms with Gasteiger partial charge in [0.05, 0.1) is 6.61 Å². The molecule has 53 heavy (non-hydrogen) atoms. The summed E-state index contributed by atoms with van der Waals surface area (Å²) in [5.74, 6) is -0.564. The first-order chi connectivity index (χ1) is 24.7. The summed E-state index contributed by atoms with van der Waals surface area (Å²) in [4.78, 5) is 43.9. The highest BCUT2D eigenvalue weighted by molar-refractivity contribution is 7.62. The van der Waals surface area contributed by atoms with Crippen LogP contribution in [0.25, 0.3) is 21.9 Å². The minimum Gasteiger partial charge on any atom is -0.459 e. The molecule has 4 rings (SSSR count). The lowest BCUT2D eigenvalue weighted by Gasteiger charge is -2.46. The summed E-state index contributed by atoms with van der Waals surface area (Å²) in [6, 6.07) is 22.9. The topological polar surface area (TPSA) is 112 Å². The second kappa shape index (κ2) is 16.7. The Kier molecular flexibility index (Phi) is 13.3. The number of amides is 2. The van der Waals surface area contributed by atoms with E-state index in [0.717, 1.165) is 27.0 Å². The molecular weight excluding hydrogens is 691 g/mol. The van der Waals surface area contributed by atoms with Gasteiger partial charge < -0.3 is 18.7 Å². The summed E-state index contributed by atoms with van der Waals surface area (Å²) in [5, 5.41) is 0.838. The molecule has 0 bridgehead atoms. The zero-order valence-electron chi connectivity index (χ0n) is 33.3. The number of nitrogens with zero attached hydrogens (tertiary/aromatic N) is 2. The van der Waals surface area contributed by atoms with Crippen molar-refractivity contribution in [1.82, 2.24) is 9.80 Å². The van der Waals surface area contributed by atoms with Crippen molar-refractivity contribution in [3.63, 3.8) is 0 Å². The highest BCUT2D eigenvalue weighted by Crippen LogP contribution is 2.64. The predicted molar refractivity (Wildman–Crippen MR) is 210 cm³/mol. The summed E-state index contributed by atoms with van der Waals surface area (Å²) >= 11 is 0. The molecule has 0 saturated carbocycles. The lowest BCUT2D eigenvalue weighted by atomic mass is 9.95. The molecule has 11 heteroatoms. The maximum Gasteiger partial charge on any atom is 0.419 e. The summed E-state index contributed by atoms with van der Waals surface area (Å²) in [5.41, 5.74) is 0.760. The van der Waals surface area contributed by atoms with Crippen LogP contribution in [0.5, 0.6) is 0 Å². The quantitative estimate of drug-likeness (QED) is 0.0818. The number of carbonyl (C=O) groups excluding carboxylic acids is 3. The third-order valence-corrected chi connectivity index (χ3v) is 12.2. The highest BCUT2D eigenvalue weighted by Gasteiger charge is 2.59. The van der Waals surface area contributed by atoms with E-state index in [1.165, 1.54) is 5.39 Å². The molecule has 10 nitrogen and oxygen atoms in total. The smallest absolute Gasteiger partial charge is 0.419 e. The van der Waals surface area contributed by atoms with E-state index < -0.39 is 47.5 Å². The van der Waals surface area contributed by atoms with Crippen LogP contribution in [0.3, 0.4) is 0 Å². The number of unbranched alkanes of at least 4 members (excludes halogenated alkanes) is 1. The summed E-state index contributed by atoms with van der Waals surface area (Å²) in [6.45, 7) is 18.8. The number of imide groups is 1. The van der Waals surface area contributed by atoms with Crippen molar-refractivity contribution < 1.29 is 37.7 Å². The number of rotatable bonds is 11. The van der Waals surface area contributed by atoms with Crippen molar-refractivity contribution in [2.75, 3.05) is 32.4 Å². The molecule has 1 unspecified atom stereocenters. The second-order valence-electron chi connectivity index (χ2n) is 16.8. The first-order valence-electron chi connectivity index (χ1n) is 18.7. The Morgan fingerprint density at radius 3 is 1.96 bits per heavy atom. The molecule has 290 valence electrons. The van der Waals surface area contributed by atoms with Crippen LogP contribution < -0.4 is 0 Å². The zero-order valence-corrected chi connectivity index (χ0v) is 34.2. The maximum atomic E-state index is 15.0. The van der Waals surface area contributed by atoms with E-state index in [9.17, 15) is 18.9 Å². The molecule has 1 aliphatic heterocycles. The van der Waals surface area contributed by atoms with Crippen molar-refractivity contribution in [1.29, 1.82) is 0 Å². The van der Waals surface area contributed by atoms with Gasteiger partial charge in [0.15, 0.2) is 5.16 Å². The highest BCUT2D eigenvalue weighted by atomic mass is 31.2. The molecule has 2 amide bonds. The summed E-state index contributed by atoms with van der Waals surface area (Å²) in [6.07, 6.45) is -0.636. The van der Waals surface area contributed by atoms with E-state index in [-0.39, 0.29) is 32.3 Å². The largest absolute Gasteiger partial charge is 0.459 e. The van der Waals surface area contributed by atoms with Gasteiger partial charge in [0.25, 0.3) is 0 Å². The normalized spacial score (nSPS) is 19.8. The van der Waals surface area contributed by atoms with Gasteiger partial charge in [-0.3, -0.25) is 14.3 Å². The summed E-state index contributed by atoms with van der Waals surface area (Å²) in [7, 11) is -3.61. The molecule has 1 saturated heterocycles. The monoisotopic (exact) mass is 750 g/mol. The van der Waals surface area contributed by atoms with Gasteiger partial charge in [0.1, 0.15) is 16.8 Å². The average Bonchev–Trinajstić information content (AvgIpc) is 3.03. The van der Waals surface area contributed by atoms with Gasteiger partial charge in [0.2, 0.25) is 7.37 Å². The van der Waals surface area contributed by atoms with Crippen LogP contribution >= 0.6 is 7.37 Å². The summed E-state index contributed by atoms with van der Waals surface area (Å²) < 4.78 is 38.2. The Morgan fingerprint density at radius 2 is 1.36 bits per heavy atom. The maximum absolute atomic E-state index is 15.0. The number of fused-ring (bicyclic) bond motifs is 1. The van der Waals surface area contributed by atoms with Gasteiger partial charge in [-0.25, -0.2) is 14.5 Å². The van der Waals surface area contributed by atoms with Gasteiger partial charge in [-0.15, -0.1) is 0 Å². The lowest BCUT2D eigenvalue weighted by molar-refractivity contribution is -0.160. The van der Waals surface area contributed by atoms with Crippen LogP contribution in [0.2, 0.25) is 0 Å². The van der Waals surface area contributed by atoms with Crippen LogP contribution in [0, 0.1) is 0 Å². The molecule has 0 radical (unpaired) electrons. The van der Waals surface area contributed by atoms with Crippen molar-refractivity contribution in [3.8, 4) is 11.1 Å². The molecule has 0 aromatic heterocycles. The van der Waals surface area contributed by atoms with Crippen LogP contribution in [-0.4, -0.2) is 82.3 Å². The van der Waals surface area contributed by atoms with E-state index in [1.807, 2.05) is 24.3 Å². The molecule has 3 aromatic rings. The molecule has 1 heterocycles. The third kappa shape index (κ3) is 11.2. The molecule has 0 N–H and O–H groups in total. The van der Waals surface area contributed by atoms with Crippen molar-refractivity contribution in [2.45, 2.75) is 117 Å². The number of benzene rings is 3. The Labute approximate surface area is 315 Å². The number of carbonyl (C=O) groups is 3. The van der Waals surface area contributed by atoms with E-state index in [0.29, 0.717) is 25.9 Å². The number of hydrogen-bond acceptors (Lipinski definition) is 9. The number of ether oxygens (including phenoxy) is 3. The van der Waals surface area contributed by atoms with Crippen LogP contribution in [0.1, 0.15) is 94.1 Å². The zero-order chi connectivity index (χ0) is 39.2. The molecule has 1 aliphatic rings. The minimum absolute atomic E-state index is 0.0178. The predicted octanol–water partition coefficient (Wildman–Crippen LogP) is 10.1. The van der Waals surface area contributed by atoms with Crippen molar-refractivity contribution in [2.24, 2.45) is 0 Å². The van der Waals surface area contributed by atoms with E-state index in [2.05, 4.69) is 47.4 Å². The fourth-order valence-corrected chi connectivity index (χ4v) is 9.63. The van der Waals surface area contributed by atoms with Crippen LogP contribution in [0.15, 0.2) is 66.7 Å². The Morgan fingerprint density at radius 1 is 0.774 bits per heavy atom. The standard InChI is InChI=1S/C42H59N2O8P/c1-11-49-53(48)27-26-43(29-34-20-14-15-21-35(34)33-23-22-31-18-12-13-19-32(31)28-33)30-42(53,36(45)50-39(2,3)4)24-16-17-25-44(37(46)51-40(5,6)7)38(47)52-41(8,9)10/h12-15,18-23,28H,11,16-17,24-27,29-30H2,1-10H3/t42-,53?/m0/s1. The first kappa shape index (κ1) is 42.0. The second-order valence-corrected chi connectivity index (χ2v) is 19.8. The Hall–Kier alpha value is -3.72. The van der Waals surface area contributed by atoms with E-state index in [4.69, 9.17) is 18.7 Å². The first-order valence-corrected chi connectivity index (χ1v) is 20.5. The lowest BCUT2D eigenvalue weighted by Crippen LogP contribution is -2.56. The van der Waals surface area contributed by atoms with Gasteiger partial charge in [-0.2, -0.15) is 0 Å². The van der Waals surface area contributed by atoms with Crippen LogP contribution in [0.4, 0.5) is 9.59 Å². The number of hydrogen-bond donors (Lipinski definition) is 0.